The molecule has 0 aromatic rings. The van der Waals surface area contributed by atoms with E-state index in [1.165, 1.54) is 0 Å². The van der Waals surface area contributed by atoms with E-state index in [0.29, 0.717) is 6.04 Å². The number of nitrogens with one attached hydrogen (secondary N) is 1. The van der Waals surface area contributed by atoms with Crippen molar-refractivity contribution in [3.8, 4) is 0 Å². The van der Waals surface area contributed by atoms with Crippen LogP contribution in [0.1, 0.15) is 26.7 Å². The molecule has 0 aromatic heterocycles. The molecule has 1 heterocycles. The summed E-state index contributed by atoms with van der Waals surface area (Å²) in [5, 5.41) is 0. The number of hydrogen-bond acceptors (Lipinski definition) is 2. The molecule has 1 fully saturated rings. The second-order valence-corrected chi connectivity index (χ2v) is 3.77. The van der Waals surface area contributed by atoms with Gasteiger partial charge in [-0.3, -0.25) is 10.5 Å². The van der Waals surface area contributed by atoms with Crippen LogP contribution in [0.25, 0.3) is 0 Å². The molecular formula is C9H17N2O. The molecule has 69 valence electrons. The van der Waals surface area contributed by atoms with Crippen molar-refractivity contribution in [2.45, 2.75) is 32.7 Å². The van der Waals surface area contributed by atoms with E-state index in [0.717, 1.165) is 25.9 Å². The minimum Gasteiger partial charge on any atom is -0.301 e. The fraction of sp³-hybridized carbons (Fsp3) is 0.889. The molecule has 1 saturated heterocycles. The Morgan fingerprint density at radius 2 is 1.92 bits per heavy atom. The highest BCUT2D eigenvalue weighted by Crippen LogP contribution is 2.18. The Hall–Kier alpha value is -0.570. The maximum Gasteiger partial charge on any atom is 0.241 e. The van der Waals surface area contributed by atoms with Crippen molar-refractivity contribution in [3.05, 3.63) is 0 Å². The summed E-state index contributed by atoms with van der Waals surface area (Å²) in [4.78, 5) is 13.1. The molecule has 3 nitrogen and oxygen atoms in total. The van der Waals surface area contributed by atoms with Gasteiger partial charge in [-0.05, 0) is 39.8 Å². The van der Waals surface area contributed by atoms with Gasteiger partial charge >= 0.3 is 0 Å². The molecule has 1 aliphatic rings. The molecule has 1 radical (unpaired) electrons. The Bertz CT molecular complexity index is 160. The first-order chi connectivity index (χ1) is 5.61. The zero-order valence-corrected chi connectivity index (χ0v) is 7.84. The largest absolute Gasteiger partial charge is 0.301 e. The predicted molar refractivity (Wildman–Crippen MR) is 47.5 cm³/mol. The average molecular weight is 169 g/mol. The summed E-state index contributed by atoms with van der Waals surface area (Å²) in [7, 11) is 0. The van der Waals surface area contributed by atoms with Gasteiger partial charge in [0.15, 0.2) is 0 Å². The predicted octanol–water partition coefficient (Wildman–Crippen LogP) is 0.916. The summed E-state index contributed by atoms with van der Waals surface area (Å²) in [6, 6.07) is 0.576. The van der Waals surface area contributed by atoms with Crippen LogP contribution in [0.5, 0.6) is 0 Å². The Morgan fingerprint density at radius 1 is 1.42 bits per heavy atom. The summed E-state index contributed by atoms with van der Waals surface area (Å²) in [6.45, 7) is 6.30. The van der Waals surface area contributed by atoms with Gasteiger partial charge in [0.1, 0.15) is 0 Å². The lowest BCUT2D eigenvalue weighted by atomic mass is 9.95. The first kappa shape index (κ1) is 9.52. The Balaban J connectivity index is 2.34. The van der Waals surface area contributed by atoms with Crippen molar-refractivity contribution in [1.82, 2.24) is 10.6 Å². The summed E-state index contributed by atoms with van der Waals surface area (Å²) < 4.78 is 0. The minimum absolute atomic E-state index is 0.0139. The number of piperidine rings is 1. The first-order valence-corrected chi connectivity index (χ1v) is 4.60. The van der Waals surface area contributed by atoms with Gasteiger partial charge in [0, 0.05) is 12.0 Å². The highest BCUT2D eigenvalue weighted by atomic mass is 16.1. The lowest BCUT2D eigenvalue weighted by Gasteiger charge is -2.33. The number of likely N-dealkylation sites (tertiary alicyclic amines) is 1. The van der Waals surface area contributed by atoms with E-state index in [4.69, 9.17) is 5.73 Å². The second-order valence-electron chi connectivity index (χ2n) is 3.77. The van der Waals surface area contributed by atoms with Gasteiger partial charge in [-0.2, -0.15) is 0 Å². The molecule has 1 aliphatic heterocycles. The molecule has 1 rings (SSSR count). The molecule has 0 aromatic carbocycles. The van der Waals surface area contributed by atoms with E-state index in [2.05, 4.69) is 18.7 Å². The molecule has 0 unspecified atom stereocenters. The van der Waals surface area contributed by atoms with E-state index in [1.54, 1.807) is 0 Å². The van der Waals surface area contributed by atoms with Crippen molar-refractivity contribution in [2.24, 2.45) is 5.92 Å². The highest BCUT2D eigenvalue weighted by Gasteiger charge is 2.24. The maximum absolute atomic E-state index is 10.7. The molecule has 0 atom stereocenters. The zero-order chi connectivity index (χ0) is 9.14. The van der Waals surface area contributed by atoms with Crippen LogP contribution in [0.3, 0.4) is 0 Å². The quantitative estimate of drug-likeness (QED) is 0.617. The van der Waals surface area contributed by atoms with Gasteiger partial charge in [-0.25, -0.2) is 0 Å². The lowest BCUT2D eigenvalue weighted by Crippen LogP contribution is -2.40. The van der Waals surface area contributed by atoms with Crippen LogP contribution in [0.15, 0.2) is 0 Å². The van der Waals surface area contributed by atoms with Crippen molar-refractivity contribution in [2.75, 3.05) is 13.1 Å². The van der Waals surface area contributed by atoms with E-state index in [1.807, 2.05) is 0 Å². The molecule has 12 heavy (non-hydrogen) atoms. The number of carbonyl (C=O) groups is 1. The van der Waals surface area contributed by atoms with E-state index >= 15 is 0 Å². The van der Waals surface area contributed by atoms with Crippen LogP contribution >= 0.6 is 0 Å². The first-order valence-electron chi connectivity index (χ1n) is 4.60. The van der Waals surface area contributed by atoms with E-state index in [-0.39, 0.29) is 11.8 Å². The number of hydrogen-bond donors (Lipinski definition) is 0. The van der Waals surface area contributed by atoms with Crippen molar-refractivity contribution < 1.29 is 4.79 Å². The molecular weight excluding hydrogens is 152 g/mol. The van der Waals surface area contributed by atoms with Crippen LogP contribution in [-0.4, -0.2) is 29.9 Å². The fourth-order valence-electron chi connectivity index (χ4n) is 1.68. The van der Waals surface area contributed by atoms with Gasteiger partial charge in [0.2, 0.25) is 5.91 Å². The minimum atomic E-state index is -0.376. The third kappa shape index (κ3) is 2.21. The number of rotatable bonds is 2. The summed E-state index contributed by atoms with van der Waals surface area (Å²) in [5.41, 5.74) is 6.99. The van der Waals surface area contributed by atoms with Crippen molar-refractivity contribution in [1.29, 1.82) is 0 Å². The van der Waals surface area contributed by atoms with Crippen LogP contribution < -0.4 is 5.73 Å². The maximum atomic E-state index is 10.7. The average Bonchev–Trinajstić information content (AvgIpc) is 2.04. The topological polar surface area (TPSA) is 44.1 Å². The van der Waals surface area contributed by atoms with Crippen LogP contribution in [0, 0.1) is 5.92 Å². The number of nitrogens with zero attached hydrogens (tertiary/aromatic N) is 1. The van der Waals surface area contributed by atoms with Crippen molar-refractivity contribution in [3.63, 3.8) is 0 Å². The highest BCUT2D eigenvalue weighted by molar-refractivity contribution is 5.75. The standard InChI is InChI=1S/C9H17N2O/c1-7(2)11-5-3-8(4-6-11)9(10)12/h7-8,10H,3-6H2,1-2H3. The molecule has 0 spiro atoms. The normalized spacial score (nSPS) is 21.6. The fourth-order valence-corrected chi connectivity index (χ4v) is 1.68. The van der Waals surface area contributed by atoms with Gasteiger partial charge < -0.3 is 4.90 Å². The van der Waals surface area contributed by atoms with Crippen LogP contribution in [0.2, 0.25) is 0 Å². The summed E-state index contributed by atoms with van der Waals surface area (Å²) >= 11 is 0. The van der Waals surface area contributed by atoms with Crippen molar-refractivity contribution >= 4 is 5.91 Å². The summed E-state index contributed by atoms with van der Waals surface area (Å²) in [6.07, 6.45) is 1.75. The van der Waals surface area contributed by atoms with Gasteiger partial charge in [0.25, 0.3) is 0 Å². The molecule has 0 saturated carbocycles. The third-order valence-electron chi connectivity index (χ3n) is 2.63. The van der Waals surface area contributed by atoms with E-state index in [9.17, 15) is 4.79 Å². The van der Waals surface area contributed by atoms with Crippen LogP contribution in [-0.2, 0) is 4.79 Å². The molecule has 0 aliphatic carbocycles. The third-order valence-corrected chi connectivity index (χ3v) is 2.63. The lowest BCUT2D eigenvalue weighted by molar-refractivity contribution is -0.124. The SMILES string of the molecule is CC(C)N1CCC(C([NH])=O)CC1. The Labute approximate surface area is 73.9 Å². The Kier molecular flexibility index (Phi) is 3.09. The number of amides is 1. The molecule has 3 heteroatoms. The summed E-state index contributed by atoms with van der Waals surface area (Å²) in [5.74, 6) is -0.363. The van der Waals surface area contributed by atoms with Crippen LogP contribution in [0.4, 0.5) is 0 Å². The molecule has 0 bridgehead atoms. The van der Waals surface area contributed by atoms with E-state index < -0.39 is 0 Å². The van der Waals surface area contributed by atoms with Gasteiger partial charge in [-0.1, -0.05) is 0 Å². The zero-order valence-electron chi connectivity index (χ0n) is 7.84. The van der Waals surface area contributed by atoms with Gasteiger partial charge in [0.05, 0.1) is 0 Å². The second kappa shape index (κ2) is 3.90. The van der Waals surface area contributed by atoms with Gasteiger partial charge in [-0.15, -0.1) is 0 Å². The Morgan fingerprint density at radius 3 is 2.25 bits per heavy atom. The number of carbonyl (C=O) groups excluding carboxylic acids is 1. The molecule has 1 N–H and O–H groups in total. The monoisotopic (exact) mass is 169 g/mol. The molecule has 1 amide bonds. The smallest absolute Gasteiger partial charge is 0.241 e.